The minimum Gasteiger partial charge on any atom is -0.507 e. The van der Waals surface area contributed by atoms with Crippen LogP contribution in [0.4, 0.5) is 10.2 Å². The lowest BCUT2D eigenvalue weighted by atomic mass is 9.88. The molecule has 5 N–H and O–H groups in total. The summed E-state index contributed by atoms with van der Waals surface area (Å²) in [6, 6.07) is 5.86. The molecule has 1 unspecified atom stereocenters. The topological polar surface area (TPSA) is 91.4 Å². The third-order valence-electron chi connectivity index (χ3n) is 4.33. The number of phenolic OH excluding ortho intramolecular Hbond substituents is 1. The molecule has 0 aliphatic carbocycles. The fourth-order valence-electron chi connectivity index (χ4n) is 3.16. The van der Waals surface area contributed by atoms with Crippen molar-refractivity contribution in [3.63, 3.8) is 0 Å². The number of nitrogen functional groups attached to an aromatic ring is 1. The van der Waals surface area contributed by atoms with Crippen LogP contribution in [-0.2, 0) is 6.61 Å². The molecule has 1 fully saturated rings. The number of halogens is 2. The fraction of sp³-hybridized carbons (Fsp3) is 0.353. The standard InChI is InChI=1S/C17H20FN3O2.ClH/c18-13-4-1-5-15(23)16(13)14-7-11(10-3-2-6-20-8-10)12(9-22)17(19)21-14;/h1,4-5,7,10,20,22-23H,2-3,6,8-9H2,(H2,19,21);1H. The summed E-state index contributed by atoms with van der Waals surface area (Å²) in [6.45, 7) is 1.53. The lowest BCUT2D eigenvalue weighted by molar-refractivity contribution is 0.279. The van der Waals surface area contributed by atoms with Gasteiger partial charge < -0.3 is 21.3 Å². The van der Waals surface area contributed by atoms with E-state index in [4.69, 9.17) is 5.73 Å². The molecule has 1 atom stereocenters. The summed E-state index contributed by atoms with van der Waals surface area (Å²) in [5, 5.41) is 22.9. The summed E-state index contributed by atoms with van der Waals surface area (Å²) < 4.78 is 14.1. The van der Waals surface area contributed by atoms with E-state index >= 15 is 0 Å². The molecule has 0 saturated carbocycles. The van der Waals surface area contributed by atoms with Crippen molar-refractivity contribution in [3.8, 4) is 17.0 Å². The summed E-state index contributed by atoms with van der Waals surface area (Å²) in [5.41, 5.74) is 7.75. The molecular weight excluding hydrogens is 333 g/mol. The maximum Gasteiger partial charge on any atom is 0.136 e. The number of aromatic hydroxyl groups is 1. The minimum absolute atomic E-state index is 0. The Labute approximate surface area is 146 Å². The monoisotopic (exact) mass is 353 g/mol. The fourth-order valence-corrected chi connectivity index (χ4v) is 3.16. The molecule has 0 radical (unpaired) electrons. The summed E-state index contributed by atoms with van der Waals surface area (Å²) in [4.78, 5) is 4.19. The molecular formula is C17H21ClFN3O2. The van der Waals surface area contributed by atoms with Crippen LogP contribution in [0.3, 0.4) is 0 Å². The number of nitrogens with zero attached hydrogens (tertiary/aromatic N) is 1. The number of benzene rings is 1. The number of pyridine rings is 1. The highest BCUT2D eigenvalue weighted by molar-refractivity contribution is 5.85. The van der Waals surface area contributed by atoms with Gasteiger partial charge in [-0.3, -0.25) is 0 Å². The van der Waals surface area contributed by atoms with E-state index in [1.165, 1.54) is 18.2 Å². The van der Waals surface area contributed by atoms with Gasteiger partial charge in [0.1, 0.15) is 17.4 Å². The van der Waals surface area contributed by atoms with Crippen molar-refractivity contribution >= 4 is 18.2 Å². The summed E-state index contributed by atoms with van der Waals surface area (Å²) in [6.07, 6.45) is 1.99. The van der Waals surface area contributed by atoms with Crippen LogP contribution in [0.25, 0.3) is 11.3 Å². The van der Waals surface area contributed by atoms with Crippen LogP contribution in [0.1, 0.15) is 29.9 Å². The molecule has 0 spiro atoms. The average Bonchev–Trinajstić information content (AvgIpc) is 2.55. The van der Waals surface area contributed by atoms with Crippen LogP contribution in [0, 0.1) is 5.82 Å². The van der Waals surface area contributed by atoms with Gasteiger partial charge in [-0.05, 0) is 49.1 Å². The second kappa shape index (κ2) is 7.79. The molecule has 0 bridgehead atoms. The van der Waals surface area contributed by atoms with Crippen molar-refractivity contribution in [1.29, 1.82) is 0 Å². The van der Waals surface area contributed by atoms with Crippen LogP contribution in [0.5, 0.6) is 5.75 Å². The molecule has 24 heavy (non-hydrogen) atoms. The first kappa shape index (κ1) is 18.4. The lowest BCUT2D eigenvalue weighted by Gasteiger charge is -2.26. The van der Waals surface area contributed by atoms with Gasteiger partial charge in [-0.2, -0.15) is 0 Å². The molecule has 5 nitrogen and oxygen atoms in total. The molecule has 2 heterocycles. The Morgan fingerprint density at radius 2 is 2.17 bits per heavy atom. The number of hydrogen-bond donors (Lipinski definition) is 4. The van der Waals surface area contributed by atoms with Crippen LogP contribution < -0.4 is 11.1 Å². The molecule has 2 aromatic rings. The Kier molecular flexibility index (Phi) is 5.99. The zero-order valence-corrected chi connectivity index (χ0v) is 13.9. The second-order valence-corrected chi connectivity index (χ2v) is 5.80. The number of aliphatic hydroxyl groups is 1. The van der Waals surface area contributed by atoms with E-state index in [9.17, 15) is 14.6 Å². The van der Waals surface area contributed by atoms with E-state index in [2.05, 4.69) is 10.3 Å². The predicted octanol–water partition coefficient (Wildman–Crippen LogP) is 2.56. The van der Waals surface area contributed by atoms with Gasteiger partial charge in [-0.25, -0.2) is 9.37 Å². The van der Waals surface area contributed by atoms with Gasteiger partial charge in [0.2, 0.25) is 0 Å². The van der Waals surface area contributed by atoms with Gasteiger partial charge in [0.25, 0.3) is 0 Å². The zero-order chi connectivity index (χ0) is 16.4. The van der Waals surface area contributed by atoms with Gasteiger partial charge in [-0.15, -0.1) is 12.4 Å². The van der Waals surface area contributed by atoms with E-state index < -0.39 is 5.82 Å². The van der Waals surface area contributed by atoms with Gasteiger partial charge in [0, 0.05) is 12.1 Å². The maximum atomic E-state index is 14.1. The molecule has 1 aliphatic heterocycles. The summed E-state index contributed by atoms with van der Waals surface area (Å²) >= 11 is 0. The van der Waals surface area contributed by atoms with Gasteiger partial charge >= 0.3 is 0 Å². The van der Waals surface area contributed by atoms with E-state index in [1.807, 2.05) is 0 Å². The highest BCUT2D eigenvalue weighted by atomic mass is 35.5. The second-order valence-electron chi connectivity index (χ2n) is 5.80. The first-order chi connectivity index (χ1) is 11.1. The number of aliphatic hydroxyl groups excluding tert-OH is 1. The molecule has 1 aromatic carbocycles. The largest absolute Gasteiger partial charge is 0.507 e. The first-order valence-corrected chi connectivity index (χ1v) is 7.70. The van der Waals surface area contributed by atoms with Crippen molar-refractivity contribution < 1.29 is 14.6 Å². The SMILES string of the molecule is Cl.Nc1nc(-c2c(O)cccc2F)cc(C2CCCNC2)c1CO. The van der Waals surface area contributed by atoms with E-state index in [-0.39, 0.29) is 47.8 Å². The van der Waals surface area contributed by atoms with E-state index in [0.717, 1.165) is 31.5 Å². The number of anilines is 1. The predicted molar refractivity (Wildman–Crippen MR) is 93.7 cm³/mol. The molecule has 7 heteroatoms. The number of phenols is 1. The lowest BCUT2D eigenvalue weighted by Crippen LogP contribution is -2.29. The van der Waals surface area contributed by atoms with E-state index in [0.29, 0.717) is 5.56 Å². The molecule has 1 saturated heterocycles. The normalized spacial score (nSPS) is 17.3. The minimum atomic E-state index is -0.554. The summed E-state index contributed by atoms with van der Waals surface area (Å²) in [7, 11) is 0. The van der Waals surface area contributed by atoms with Crippen LogP contribution in [0.15, 0.2) is 24.3 Å². The quantitative estimate of drug-likeness (QED) is 0.680. The van der Waals surface area contributed by atoms with Gasteiger partial charge in [0.05, 0.1) is 17.9 Å². The van der Waals surface area contributed by atoms with Gasteiger partial charge in [0.15, 0.2) is 0 Å². The maximum absolute atomic E-state index is 14.1. The summed E-state index contributed by atoms with van der Waals surface area (Å²) in [5.74, 6) is -0.375. The first-order valence-electron chi connectivity index (χ1n) is 7.70. The van der Waals surface area contributed by atoms with Crippen LogP contribution >= 0.6 is 12.4 Å². The molecule has 1 aliphatic rings. The number of nitrogens with one attached hydrogen (secondary N) is 1. The van der Waals surface area contributed by atoms with Crippen LogP contribution in [0.2, 0.25) is 0 Å². The number of piperidine rings is 1. The number of aromatic nitrogens is 1. The van der Waals surface area contributed by atoms with E-state index in [1.54, 1.807) is 6.07 Å². The highest BCUT2D eigenvalue weighted by Gasteiger charge is 2.23. The molecule has 1 aromatic heterocycles. The van der Waals surface area contributed by atoms with Crippen molar-refractivity contribution in [2.45, 2.75) is 25.4 Å². The molecule has 130 valence electrons. The Morgan fingerprint density at radius 1 is 1.38 bits per heavy atom. The van der Waals surface area contributed by atoms with Gasteiger partial charge in [-0.1, -0.05) is 6.07 Å². The van der Waals surface area contributed by atoms with Crippen molar-refractivity contribution in [1.82, 2.24) is 10.3 Å². The smallest absolute Gasteiger partial charge is 0.136 e. The highest BCUT2D eigenvalue weighted by Crippen LogP contribution is 2.36. The Hall–Kier alpha value is -1.89. The number of rotatable bonds is 3. The molecule has 0 amide bonds. The average molecular weight is 354 g/mol. The van der Waals surface area contributed by atoms with Crippen molar-refractivity contribution in [2.24, 2.45) is 0 Å². The Morgan fingerprint density at radius 3 is 2.79 bits per heavy atom. The van der Waals surface area contributed by atoms with Crippen LogP contribution in [-0.4, -0.2) is 28.3 Å². The van der Waals surface area contributed by atoms with Crippen molar-refractivity contribution in [3.05, 3.63) is 41.2 Å². The number of nitrogens with two attached hydrogens (primary N) is 1. The third kappa shape index (κ3) is 3.45. The third-order valence-corrected chi connectivity index (χ3v) is 4.33. The van der Waals surface area contributed by atoms with Crippen molar-refractivity contribution in [2.75, 3.05) is 18.8 Å². The Bertz CT molecular complexity index is 701. The zero-order valence-electron chi connectivity index (χ0n) is 13.1. The Balaban J connectivity index is 0.00000208. The number of hydrogen-bond acceptors (Lipinski definition) is 5. The molecule has 3 rings (SSSR count).